The zero-order valence-corrected chi connectivity index (χ0v) is 12.3. The maximum Gasteiger partial charge on any atom is 0.289 e. The molecule has 102 valence electrons. The third-order valence-corrected chi connectivity index (χ3v) is 3.09. The topological polar surface area (TPSA) is 53.7 Å². The van der Waals surface area contributed by atoms with Crippen molar-refractivity contribution in [2.45, 2.75) is 23.7 Å². The molecule has 1 aromatic heterocycles. The van der Waals surface area contributed by atoms with Crippen molar-refractivity contribution < 1.29 is 14.3 Å². The lowest BCUT2D eigenvalue weighted by molar-refractivity contribution is 0.0730. The van der Waals surface area contributed by atoms with E-state index in [9.17, 15) is 9.90 Å². The first-order valence-electron chi connectivity index (χ1n) is 5.45. The summed E-state index contributed by atoms with van der Waals surface area (Å²) in [7, 11) is 0. The number of hydrogen-bond donors (Lipinski definition) is 1. The Hall–Kier alpha value is -0.420. The number of rotatable bonds is 4. The van der Waals surface area contributed by atoms with Crippen molar-refractivity contribution in [3.05, 3.63) is 23.7 Å². The predicted molar refractivity (Wildman–Crippen MR) is 71.2 cm³/mol. The standard InChI is InChI=1S/C11H14Cl3NO3/c1-3-15(4-2)10(17)8-6-5-7(18-8)9(16)11(12,13)14/h5-6,9,16H,3-4H2,1-2H3/t9-/m1/s1. The van der Waals surface area contributed by atoms with E-state index in [2.05, 4.69) is 0 Å². The molecule has 0 fully saturated rings. The maximum atomic E-state index is 11.9. The van der Waals surface area contributed by atoms with Crippen molar-refractivity contribution in [1.82, 2.24) is 4.90 Å². The normalized spacial score (nSPS) is 13.4. The van der Waals surface area contributed by atoms with Gasteiger partial charge in [-0.05, 0) is 26.0 Å². The number of halogens is 3. The van der Waals surface area contributed by atoms with Crippen molar-refractivity contribution in [2.75, 3.05) is 13.1 Å². The average molecular weight is 315 g/mol. The Kier molecular flexibility index (Phi) is 5.34. The summed E-state index contributed by atoms with van der Waals surface area (Å²) in [5.41, 5.74) is 0. The van der Waals surface area contributed by atoms with Crippen LogP contribution in [0.2, 0.25) is 0 Å². The number of nitrogens with zero attached hydrogens (tertiary/aromatic N) is 1. The van der Waals surface area contributed by atoms with E-state index in [1.165, 1.54) is 12.1 Å². The third kappa shape index (κ3) is 3.54. The number of hydrogen-bond acceptors (Lipinski definition) is 3. The lowest BCUT2D eigenvalue weighted by Gasteiger charge is -2.18. The molecule has 0 unspecified atom stereocenters. The van der Waals surface area contributed by atoms with E-state index < -0.39 is 9.90 Å². The van der Waals surface area contributed by atoms with Crippen LogP contribution >= 0.6 is 34.8 Å². The molecule has 1 amide bonds. The first kappa shape index (κ1) is 15.6. The van der Waals surface area contributed by atoms with E-state index in [1.807, 2.05) is 13.8 Å². The van der Waals surface area contributed by atoms with Crippen molar-refractivity contribution in [1.29, 1.82) is 0 Å². The van der Waals surface area contributed by atoms with Gasteiger partial charge in [-0.2, -0.15) is 0 Å². The van der Waals surface area contributed by atoms with Crippen molar-refractivity contribution in [3.8, 4) is 0 Å². The smallest absolute Gasteiger partial charge is 0.289 e. The number of aliphatic hydroxyl groups is 1. The Morgan fingerprint density at radius 3 is 2.39 bits per heavy atom. The number of carbonyl (C=O) groups excluding carboxylic acids is 1. The number of furan rings is 1. The van der Waals surface area contributed by atoms with Gasteiger partial charge in [0.15, 0.2) is 11.9 Å². The van der Waals surface area contributed by atoms with Crippen LogP contribution in [-0.4, -0.2) is 32.8 Å². The van der Waals surface area contributed by atoms with Gasteiger partial charge in [-0.3, -0.25) is 4.79 Å². The second-order valence-electron chi connectivity index (χ2n) is 3.62. The van der Waals surface area contributed by atoms with Crippen LogP contribution in [0.1, 0.15) is 36.3 Å². The van der Waals surface area contributed by atoms with Gasteiger partial charge in [0.25, 0.3) is 5.91 Å². The molecule has 0 aliphatic rings. The molecule has 4 nitrogen and oxygen atoms in total. The van der Waals surface area contributed by atoms with Gasteiger partial charge in [0.1, 0.15) is 5.76 Å². The van der Waals surface area contributed by atoms with Gasteiger partial charge < -0.3 is 14.4 Å². The highest BCUT2D eigenvalue weighted by Crippen LogP contribution is 2.40. The fraction of sp³-hybridized carbons (Fsp3) is 0.545. The summed E-state index contributed by atoms with van der Waals surface area (Å²) in [6.07, 6.45) is -1.42. The highest BCUT2D eigenvalue weighted by molar-refractivity contribution is 6.67. The fourth-order valence-corrected chi connectivity index (χ4v) is 1.77. The summed E-state index contributed by atoms with van der Waals surface area (Å²) in [5, 5.41) is 9.69. The molecular weight excluding hydrogens is 300 g/mol. The van der Waals surface area contributed by atoms with Crippen LogP contribution < -0.4 is 0 Å². The predicted octanol–water partition coefficient (Wildman–Crippen LogP) is 3.17. The molecule has 1 heterocycles. The Labute approximate surface area is 120 Å². The molecular formula is C11H14Cl3NO3. The lowest BCUT2D eigenvalue weighted by atomic mass is 10.3. The molecule has 1 aromatic rings. The van der Waals surface area contributed by atoms with E-state index >= 15 is 0 Å². The number of alkyl halides is 3. The van der Waals surface area contributed by atoms with Crippen LogP contribution in [-0.2, 0) is 0 Å². The van der Waals surface area contributed by atoms with Crippen LogP contribution in [0.15, 0.2) is 16.5 Å². The van der Waals surface area contributed by atoms with Crippen LogP contribution in [0.25, 0.3) is 0 Å². The molecule has 0 saturated carbocycles. The average Bonchev–Trinajstić information content (AvgIpc) is 2.77. The summed E-state index contributed by atoms with van der Waals surface area (Å²) in [4.78, 5) is 13.5. The van der Waals surface area contributed by atoms with Gasteiger partial charge in [-0.25, -0.2) is 0 Å². The van der Waals surface area contributed by atoms with Crippen LogP contribution in [0.5, 0.6) is 0 Å². The van der Waals surface area contributed by atoms with Gasteiger partial charge in [-0.1, -0.05) is 34.8 Å². The molecule has 0 spiro atoms. The molecule has 1 rings (SSSR count). The first-order valence-corrected chi connectivity index (χ1v) is 6.58. The minimum atomic E-state index is -1.90. The molecule has 0 aromatic carbocycles. The number of amides is 1. The van der Waals surface area contributed by atoms with E-state index in [1.54, 1.807) is 4.90 Å². The molecule has 0 aliphatic carbocycles. The van der Waals surface area contributed by atoms with Gasteiger partial charge in [0.2, 0.25) is 3.79 Å². The summed E-state index contributed by atoms with van der Waals surface area (Å²) in [6, 6.07) is 2.87. The van der Waals surface area contributed by atoms with E-state index in [-0.39, 0.29) is 17.4 Å². The SMILES string of the molecule is CCN(CC)C(=O)c1ccc([C@@H](O)C(Cl)(Cl)Cl)o1. The third-order valence-electron chi connectivity index (χ3n) is 2.47. The number of carbonyl (C=O) groups is 1. The molecule has 0 aliphatic heterocycles. The Morgan fingerprint density at radius 2 is 1.94 bits per heavy atom. The van der Waals surface area contributed by atoms with E-state index in [0.717, 1.165) is 0 Å². The molecule has 18 heavy (non-hydrogen) atoms. The second-order valence-corrected chi connectivity index (χ2v) is 5.99. The lowest BCUT2D eigenvalue weighted by Crippen LogP contribution is -2.30. The summed E-state index contributed by atoms with van der Waals surface area (Å²) < 4.78 is 3.33. The molecule has 0 bridgehead atoms. The van der Waals surface area contributed by atoms with Crippen molar-refractivity contribution >= 4 is 40.7 Å². The van der Waals surface area contributed by atoms with Crippen LogP contribution in [0, 0.1) is 0 Å². The Balaban J connectivity index is 2.90. The van der Waals surface area contributed by atoms with Gasteiger partial charge >= 0.3 is 0 Å². The molecule has 0 saturated heterocycles. The largest absolute Gasteiger partial charge is 0.453 e. The zero-order valence-electron chi connectivity index (χ0n) is 9.99. The maximum absolute atomic E-state index is 11.9. The second kappa shape index (κ2) is 6.15. The van der Waals surface area contributed by atoms with Crippen LogP contribution in [0.4, 0.5) is 0 Å². The zero-order chi connectivity index (χ0) is 13.9. The Bertz CT molecular complexity index is 410. The monoisotopic (exact) mass is 313 g/mol. The van der Waals surface area contributed by atoms with E-state index in [0.29, 0.717) is 13.1 Å². The highest BCUT2D eigenvalue weighted by atomic mass is 35.6. The summed E-state index contributed by atoms with van der Waals surface area (Å²) in [6.45, 7) is 4.86. The van der Waals surface area contributed by atoms with Gasteiger partial charge in [0.05, 0.1) is 0 Å². The molecule has 7 heteroatoms. The highest BCUT2D eigenvalue weighted by Gasteiger charge is 2.35. The molecule has 0 radical (unpaired) electrons. The molecule has 1 atom stereocenters. The number of aliphatic hydroxyl groups excluding tert-OH is 1. The van der Waals surface area contributed by atoms with Gasteiger partial charge in [-0.15, -0.1) is 0 Å². The van der Waals surface area contributed by atoms with Gasteiger partial charge in [0, 0.05) is 13.1 Å². The minimum Gasteiger partial charge on any atom is -0.453 e. The quantitative estimate of drug-likeness (QED) is 0.869. The minimum absolute atomic E-state index is 0.0468. The summed E-state index contributed by atoms with van der Waals surface area (Å²) >= 11 is 16.6. The summed E-state index contributed by atoms with van der Waals surface area (Å²) in [5.74, 6) is -0.102. The molecule has 1 N–H and O–H groups in total. The van der Waals surface area contributed by atoms with E-state index in [4.69, 9.17) is 39.2 Å². The Morgan fingerprint density at radius 1 is 1.39 bits per heavy atom. The van der Waals surface area contributed by atoms with Crippen LogP contribution in [0.3, 0.4) is 0 Å². The van der Waals surface area contributed by atoms with Crippen molar-refractivity contribution in [3.63, 3.8) is 0 Å². The fourth-order valence-electron chi connectivity index (χ4n) is 1.44. The van der Waals surface area contributed by atoms with Crippen molar-refractivity contribution in [2.24, 2.45) is 0 Å². The first-order chi connectivity index (χ1) is 8.31.